The minimum absolute atomic E-state index is 0.343. The van der Waals surface area contributed by atoms with Gasteiger partial charge in [-0.3, -0.25) is 0 Å². The van der Waals surface area contributed by atoms with Crippen LogP contribution in [0.25, 0.3) is 0 Å². The molecule has 1 aliphatic heterocycles. The van der Waals surface area contributed by atoms with Crippen LogP contribution in [0.3, 0.4) is 0 Å². The molecule has 116 valence electrons. The van der Waals surface area contributed by atoms with Gasteiger partial charge in [-0.2, -0.15) is 15.0 Å². The highest BCUT2D eigenvalue weighted by Crippen LogP contribution is 2.31. The molecule has 2 aliphatic rings. The third-order valence-corrected chi connectivity index (χ3v) is 4.07. The van der Waals surface area contributed by atoms with Crippen molar-refractivity contribution in [2.75, 3.05) is 35.2 Å². The van der Waals surface area contributed by atoms with Crippen LogP contribution >= 0.6 is 0 Å². The number of piperidine rings is 1. The zero-order valence-corrected chi connectivity index (χ0v) is 13.1. The monoisotopic (exact) mass is 290 g/mol. The second kappa shape index (κ2) is 6.03. The van der Waals surface area contributed by atoms with Gasteiger partial charge in [0, 0.05) is 25.7 Å². The van der Waals surface area contributed by atoms with E-state index >= 15 is 0 Å². The Morgan fingerprint density at radius 1 is 1.14 bits per heavy atom. The van der Waals surface area contributed by atoms with E-state index in [9.17, 15) is 0 Å². The van der Waals surface area contributed by atoms with E-state index in [1.807, 2.05) is 0 Å². The molecule has 0 aromatic carbocycles. The summed E-state index contributed by atoms with van der Waals surface area (Å²) in [6.45, 7) is 7.48. The first-order valence-corrected chi connectivity index (χ1v) is 8.16. The van der Waals surface area contributed by atoms with Crippen LogP contribution < -0.4 is 15.5 Å². The Bertz CT molecular complexity index is 479. The normalized spacial score (nSPS) is 19.1. The SMILES string of the molecule is CC(C)CN(c1nc(N)nc(N2CCCCC2)n1)C1CC1. The Labute approximate surface area is 126 Å². The van der Waals surface area contributed by atoms with Crippen LogP contribution in [0, 0.1) is 5.92 Å². The average molecular weight is 290 g/mol. The van der Waals surface area contributed by atoms with Gasteiger partial charge in [0.1, 0.15) is 0 Å². The summed E-state index contributed by atoms with van der Waals surface area (Å²) >= 11 is 0. The summed E-state index contributed by atoms with van der Waals surface area (Å²) in [5.74, 6) is 2.45. The summed E-state index contributed by atoms with van der Waals surface area (Å²) in [7, 11) is 0. The summed E-state index contributed by atoms with van der Waals surface area (Å²) in [5, 5.41) is 0. The first kappa shape index (κ1) is 14.4. The van der Waals surface area contributed by atoms with Gasteiger partial charge in [0.05, 0.1) is 0 Å². The zero-order chi connectivity index (χ0) is 14.8. The molecule has 0 spiro atoms. The number of nitrogens with zero attached hydrogens (tertiary/aromatic N) is 5. The summed E-state index contributed by atoms with van der Waals surface area (Å²) < 4.78 is 0. The molecule has 0 amide bonds. The molecule has 1 saturated carbocycles. The fraction of sp³-hybridized carbons (Fsp3) is 0.800. The minimum Gasteiger partial charge on any atom is -0.368 e. The van der Waals surface area contributed by atoms with E-state index in [0.29, 0.717) is 17.9 Å². The molecule has 6 heteroatoms. The summed E-state index contributed by atoms with van der Waals surface area (Å²) in [5.41, 5.74) is 5.94. The van der Waals surface area contributed by atoms with Gasteiger partial charge < -0.3 is 15.5 Å². The predicted molar refractivity (Wildman–Crippen MR) is 85.5 cm³/mol. The molecule has 0 bridgehead atoms. The van der Waals surface area contributed by atoms with E-state index in [2.05, 4.69) is 33.6 Å². The number of nitrogen functional groups attached to an aromatic ring is 1. The standard InChI is InChI=1S/C15H26N6/c1-11(2)10-21(12-6-7-12)15-18-13(16)17-14(19-15)20-8-4-3-5-9-20/h11-12H,3-10H2,1-2H3,(H2,16,17,18,19). The molecule has 1 aliphatic carbocycles. The first-order chi connectivity index (χ1) is 10.1. The average Bonchev–Trinajstić information content (AvgIpc) is 3.29. The quantitative estimate of drug-likeness (QED) is 0.895. The number of hydrogen-bond donors (Lipinski definition) is 1. The second-order valence-electron chi connectivity index (χ2n) is 6.62. The molecular formula is C15H26N6. The van der Waals surface area contributed by atoms with Gasteiger partial charge in [-0.15, -0.1) is 0 Å². The molecule has 3 rings (SSSR count). The third-order valence-electron chi connectivity index (χ3n) is 4.07. The summed E-state index contributed by atoms with van der Waals surface area (Å²) in [6.07, 6.45) is 6.18. The van der Waals surface area contributed by atoms with E-state index in [-0.39, 0.29) is 0 Å². The number of hydrogen-bond acceptors (Lipinski definition) is 6. The second-order valence-corrected chi connectivity index (χ2v) is 6.62. The van der Waals surface area contributed by atoms with Crippen LogP contribution in [0.2, 0.25) is 0 Å². The maximum Gasteiger partial charge on any atom is 0.232 e. The number of anilines is 3. The zero-order valence-electron chi connectivity index (χ0n) is 13.1. The van der Waals surface area contributed by atoms with Crippen molar-refractivity contribution in [3.05, 3.63) is 0 Å². The number of nitrogens with two attached hydrogens (primary N) is 1. The predicted octanol–water partition coefficient (Wildman–Crippen LogP) is 2.07. The summed E-state index contributed by atoms with van der Waals surface area (Å²) in [6, 6.07) is 0.586. The van der Waals surface area contributed by atoms with Crippen molar-refractivity contribution in [3.8, 4) is 0 Å². The van der Waals surface area contributed by atoms with Crippen LogP contribution in [0.1, 0.15) is 46.0 Å². The van der Waals surface area contributed by atoms with Crippen LogP contribution in [-0.4, -0.2) is 40.6 Å². The molecular weight excluding hydrogens is 264 g/mol. The Morgan fingerprint density at radius 2 is 1.86 bits per heavy atom. The Hall–Kier alpha value is -1.59. The molecule has 0 atom stereocenters. The highest BCUT2D eigenvalue weighted by Gasteiger charge is 2.32. The van der Waals surface area contributed by atoms with Crippen LogP contribution in [-0.2, 0) is 0 Å². The van der Waals surface area contributed by atoms with Crippen molar-refractivity contribution in [1.29, 1.82) is 0 Å². The Balaban J connectivity index is 1.84. The van der Waals surface area contributed by atoms with Crippen molar-refractivity contribution >= 4 is 17.8 Å². The van der Waals surface area contributed by atoms with Gasteiger partial charge >= 0.3 is 0 Å². The Morgan fingerprint density at radius 3 is 2.48 bits per heavy atom. The topological polar surface area (TPSA) is 71.2 Å². The molecule has 6 nitrogen and oxygen atoms in total. The fourth-order valence-corrected chi connectivity index (χ4v) is 2.91. The van der Waals surface area contributed by atoms with Crippen LogP contribution in [0.5, 0.6) is 0 Å². The summed E-state index contributed by atoms with van der Waals surface area (Å²) in [4.78, 5) is 18.0. The van der Waals surface area contributed by atoms with Crippen LogP contribution in [0.15, 0.2) is 0 Å². The van der Waals surface area contributed by atoms with Gasteiger partial charge in [-0.1, -0.05) is 13.8 Å². The smallest absolute Gasteiger partial charge is 0.232 e. The fourth-order valence-electron chi connectivity index (χ4n) is 2.91. The molecule has 0 radical (unpaired) electrons. The third kappa shape index (κ3) is 3.54. The van der Waals surface area contributed by atoms with Crippen molar-refractivity contribution in [2.24, 2.45) is 5.92 Å². The van der Waals surface area contributed by atoms with Crippen LogP contribution in [0.4, 0.5) is 17.8 Å². The molecule has 1 aromatic heterocycles. The lowest BCUT2D eigenvalue weighted by Gasteiger charge is -2.29. The van der Waals surface area contributed by atoms with Gasteiger partial charge in [-0.25, -0.2) is 0 Å². The van der Waals surface area contributed by atoms with Gasteiger partial charge in [0.15, 0.2) is 0 Å². The first-order valence-electron chi connectivity index (χ1n) is 8.16. The highest BCUT2D eigenvalue weighted by molar-refractivity contribution is 5.45. The van der Waals surface area contributed by atoms with E-state index < -0.39 is 0 Å². The molecule has 2 heterocycles. The maximum absolute atomic E-state index is 5.94. The lowest BCUT2D eigenvalue weighted by Crippen LogP contribution is -2.34. The van der Waals surface area contributed by atoms with Gasteiger partial charge in [0.2, 0.25) is 17.8 Å². The van der Waals surface area contributed by atoms with Gasteiger partial charge in [0.25, 0.3) is 0 Å². The molecule has 1 aromatic rings. The van der Waals surface area contributed by atoms with Crippen molar-refractivity contribution in [2.45, 2.75) is 52.0 Å². The Kier molecular flexibility index (Phi) is 4.12. The molecule has 21 heavy (non-hydrogen) atoms. The van der Waals surface area contributed by atoms with E-state index in [1.54, 1.807) is 0 Å². The highest BCUT2D eigenvalue weighted by atomic mass is 15.4. The van der Waals surface area contributed by atoms with E-state index in [4.69, 9.17) is 10.7 Å². The lowest BCUT2D eigenvalue weighted by molar-refractivity contribution is 0.564. The largest absolute Gasteiger partial charge is 0.368 e. The van der Waals surface area contributed by atoms with Crippen molar-refractivity contribution < 1.29 is 0 Å². The molecule has 2 fully saturated rings. The van der Waals surface area contributed by atoms with Crippen molar-refractivity contribution in [3.63, 3.8) is 0 Å². The van der Waals surface area contributed by atoms with E-state index in [1.165, 1.54) is 32.1 Å². The maximum atomic E-state index is 5.94. The van der Waals surface area contributed by atoms with Crippen molar-refractivity contribution in [1.82, 2.24) is 15.0 Å². The van der Waals surface area contributed by atoms with Gasteiger partial charge in [-0.05, 0) is 38.0 Å². The minimum atomic E-state index is 0.343. The molecule has 2 N–H and O–H groups in total. The number of aromatic nitrogens is 3. The number of rotatable bonds is 5. The molecule has 1 saturated heterocycles. The van der Waals surface area contributed by atoms with E-state index in [0.717, 1.165) is 31.5 Å². The molecule has 0 unspecified atom stereocenters. The lowest BCUT2D eigenvalue weighted by atomic mass is 10.1.